The highest BCUT2D eigenvalue weighted by molar-refractivity contribution is 7.92. The number of nitrogens with one attached hydrogen (secondary N) is 4. The van der Waals surface area contributed by atoms with Gasteiger partial charge >= 0.3 is 0 Å². The first kappa shape index (κ1) is 23.0. The predicted molar refractivity (Wildman–Crippen MR) is 122 cm³/mol. The van der Waals surface area contributed by atoms with Crippen molar-refractivity contribution in [3.8, 4) is 0 Å². The van der Waals surface area contributed by atoms with E-state index in [9.17, 15) is 18.5 Å². The summed E-state index contributed by atoms with van der Waals surface area (Å²) in [7, 11) is -4.07. The number of nitrogens with zero attached hydrogens (tertiary/aromatic N) is 1. The fourth-order valence-electron chi connectivity index (χ4n) is 2.88. The van der Waals surface area contributed by atoms with Gasteiger partial charge in [-0.25, -0.2) is 8.42 Å². The zero-order valence-corrected chi connectivity index (χ0v) is 18.5. The molecular formula is C18H20ClN5O5S2. The number of nitro groups is 1. The van der Waals surface area contributed by atoms with E-state index in [4.69, 9.17) is 28.6 Å². The lowest BCUT2D eigenvalue weighted by Crippen LogP contribution is -2.42. The number of hydrogen-bond acceptors (Lipinski definition) is 7. The highest BCUT2D eigenvalue weighted by Gasteiger charge is 2.22. The summed E-state index contributed by atoms with van der Waals surface area (Å²) in [6, 6.07) is 9.60. The fourth-order valence-corrected chi connectivity index (χ4v) is 4.28. The van der Waals surface area contributed by atoms with E-state index in [1.54, 1.807) is 12.1 Å². The molecule has 166 valence electrons. The van der Waals surface area contributed by atoms with Crippen LogP contribution in [0.4, 0.5) is 17.1 Å². The minimum atomic E-state index is -4.07. The summed E-state index contributed by atoms with van der Waals surface area (Å²) in [4.78, 5) is 10.5. The molecule has 10 nitrogen and oxygen atoms in total. The zero-order valence-electron chi connectivity index (χ0n) is 16.1. The topological polar surface area (TPSA) is 135 Å². The molecule has 1 unspecified atom stereocenters. The number of thiocarbonyl (C=S) groups is 1. The third-order valence-corrected chi connectivity index (χ3v) is 6.24. The maximum atomic E-state index is 12.6. The standard InChI is InChI=1S/C18H20ClN5O5S2/c19-12-3-1-4-13(9-12)23-31(27,28)15-6-7-16(17(10-15)24(25)26)21-22-18(30)20-11-14-5-2-8-29-14/h1,3-4,6-7,9-10,14,21,23H,2,5,8,11H2,(H2,20,22,30). The number of hydrogen-bond donors (Lipinski definition) is 4. The Kier molecular flexibility index (Phi) is 7.49. The van der Waals surface area contributed by atoms with Crippen molar-refractivity contribution in [2.75, 3.05) is 23.3 Å². The molecule has 2 aromatic rings. The van der Waals surface area contributed by atoms with Crippen molar-refractivity contribution in [3.05, 3.63) is 57.6 Å². The first-order valence-corrected chi connectivity index (χ1v) is 11.5. The van der Waals surface area contributed by atoms with Crippen LogP contribution in [-0.4, -0.2) is 37.7 Å². The van der Waals surface area contributed by atoms with E-state index in [0.29, 0.717) is 11.6 Å². The average Bonchev–Trinajstić information content (AvgIpc) is 3.24. The summed E-state index contributed by atoms with van der Waals surface area (Å²) < 4.78 is 33.1. The predicted octanol–water partition coefficient (Wildman–Crippen LogP) is 3.02. The van der Waals surface area contributed by atoms with Crippen LogP contribution >= 0.6 is 23.8 Å². The monoisotopic (exact) mass is 485 g/mol. The lowest BCUT2D eigenvalue weighted by Gasteiger charge is -2.15. The Hall–Kier alpha value is -2.67. The van der Waals surface area contributed by atoms with E-state index in [1.165, 1.54) is 24.3 Å². The van der Waals surface area contributed by atoms with Crippen LogP contribution in [0.3, 0.4) is 0 Å². The van der Waals surface area contributed by atoms with Crippen LogP contribution in [0.2, 0.25) is 5.02 Å². The van der Waals surface area contributed by atoms with Gasteiger partial charge in [0.2, 0.25) is 0 Å². The summed E-state index contributed by atoms with van der Waals surface area (Å²) in [5.74, 6) is 0. The molecule has 13 heteroatoms. The molecule has 4 N–H and O–H groups in total. The van der Waals surface area contributed by atoms with Crippen LogP contribution < -0.4 is 20.9 Å². The van der Waals surface area contributed by atoms with Crippen LogP contribution in [0.15, 0.2) is 47.4 Å². The molecule has 1 fully saturated rings. The highest BCUT2D eigenvalue weighted by Crippen LogP contribution is 2.28. The van der Waals surface area contributed by atoms with E-state index in [1.807, 2.05) is 0 Å². The molecule has 0 spiro atoms. The van der Waals surface area contributed by atoms with Gasteiger partial charge in [-0.3, -0.25) is 25.7 Å². The number of halogens is 1. The van der Waals surface area contributed by atoms with Gasteiger partial charge in [-0.05, 0) is 55.4 Å². The number of anilines is 2. The van der Waals surface area contributed by atoms with Crippen molar-refractivity contribution in [2.45, 2.75) is 23.8 Å². The molecule has 1 atom stereocenters. The summed E-state index contributed by atoms with van der Waals surface area (Å²) in [6.07, 6.45) is 2.01. The minimum Gasteiger partial charge on any atom is -0.376 e. The van der Waals surface area contributed by atoms with Crippen LogP contribution in [0.25, 0.3) is 0 Å². The third kappa shape index (κ3) is 6.40. The minimum absolute atomic E-state index is 0.0490. The Morgan fingerprint density at radius 3 is 2.77 bits per heavy atom. The molecule has 1 heterocycles. The van der Waals surface area contributed by atoms with E-state index in [0.717, 1.165) is 25.5 Å². The molecule has 3 rings (SSSR count). The second-order valence-corrected chi connectivity index (χ2v) is 9.17. The SMILES string of the molecule is O=[N+]([O-])c1cc(S(=O)(=O)Nc2cccc(Cl)c2)ccc1NNC(=S)NCC1CCCO1. The first-order chi connectivity index (χ1) is 14.7. The van der Waals surface area contributed by atoms with Gasteiger partial charge in [0, 0.05) is 24.2 Å². The summed E-state index contributed by atoms with van der Waals surface area (Å²) in [5.41, 5.74) is 5.14. The largest absolute Gasteiger partial charge is 0.376 e. The molecule has 0 amide bonds. The van der Waals surface area contributed by atoms with Crippen molar-refractivity contribution in [1.29, 1.82) is 0 Å². The van der Waals surface area contributed by atoms with Crippen molar-refractivity contribution in [1.82, 2.24) is 10.7 Å². The van der Waals surface area contributed by atoms with Gasteiger partial charge in [0.1, 0.15) is 5.69 Å². The first-order valence-electron chi connectivity index (χ1n) is 9.23. The molecule has 0 bridgehead atoms. The second-order valence-electron chi connectivity index (χ2n) is 6.65. The molecule has 1 aliphatic heterocycles. The molecule has 0 radical (unpaired) electrons. The maximum Gasteiger partial charge on any atom is 0.295 e. The molecule has 0 saturated carbocycles. The molecule has 0 aromatic heterocycles. The van der Waals surface area contributed by atoms with Gasteiger partial charge in [0.25, 0.3) is 15.7 Å². The smallest absolute Gasteiger partial charge is 0.295 e. The lowest BCUT2D eigenvalue weighted by molar-refractivity contribution is -0.384. The van der Waals surface area contributed by atoms with Gasteiger partial charge in [-0.1, -0.05) is 17.7 Å². The summed E-state index contributed by atoms with van der Waals surface area (Å²) >= 11 is 11.0. The number of nitro benzene ring substituents is 1. The zero-order chi connectivity index (χ0) is 22.4. The van der Waals surface area contributed by atoms with E-state index in [2.05, 4.69) is 20.9 Å². The molecular weight excluding hydrogens is 466 g/mol. The van der Waals surface area contributed by atoms with Gasteiger partial charge in [-0.15, -0.1) is 0 Å². The van der Waals surface area contributed by atoms with Crippen LogP contribution in [0.5, 0.6) is 0 Å². The van der Waals surface area contributed by atoms with Crippen molar-refractivity contribution < 1.29 is 18.1 Å². The number of hydrazine groups is 1. The van der Waals surface area contributed by atoms with E-state index < -0.39 is 20.6 Å². The Labute approximate surface area is 189 Å². The lowest BCUT2D eigenvalue weighted by atomic mass is 10.2. The Morgan fingerprint density at radius 2 is 2.10 bits per heavy atom. The van der Waals surface area contributed by atoms with Gasteiger partial charge in [0.15, 0.2) is 5.11 Å². The van der Waals surface area contributed by atoms with Crippen LogP contribution in [0, 0.1) is 10.1 Å². The van der Waals surface area contributed by atoms with Crippen molar-refractivity contribution >= 4 is 56.0 Å². The Balaban J connectivity index is 1.68. The van der Waals surface area contributed by atoms with Gasteiger partial charge in [-0.2, -0.15) is 0 Å². The Bertz CT molecular complexity index is 1080. The number of sulfonamides is 1. The van der Waals surface area contributed by atoms with Crippen molar-refractivity contribution in [3.63, 3.8) is 0 Å². The van der Waals surface area contributed by atoms with Gasteiger partial charge < -0.3 is 10.1 Å². The molecule has 1 aliphatic rings. The molecule has 0 aliphatic carbocycles. The summed E-state index contributed by atoms with van der Waals surface area (Å²) in [6.45, 7) is 1.24. The highest BCUT2D eigenvalue weighted by atomic mass is 35.5. The summed E-state index contributed by atoms with van der Waals surface area (Å²) in [5, 5.41) is 15.0. The van der Waals surface area contributed by atoms with Crippen LogP contribution in [0.1, 0.15) is 12.8 Å². The second kappa shape index (κ2) is 10.1. The molecule has 31 heavy (non-hydrogen) atoms. The van der Waals surface area contributed by atoms with Gasteiger partial charge in [0.05, 0.1) is 21.6 Å². The van der Waals surface area contributed by atoms with Crippen LogP contribution in [-0.2, 0) is 14.8 Å². The third-order valence-electron chi connectivity index (χ3n) is 4.38. The van der Waals surface area contributed by atoms with E-state index in [-0.39, 0.29) is 27.5 Å². The van der Waals surface area contributed by atoms with E-state index >= 15 is 0 Å². The number of rotatable bonds is 8. The molecule has 1 saturated heterocycles. The normalized spacial score (nSPS) is 15.8. The quantitative estimate of drug-likeness (QED) is 0.253. The van der Waals surface area contributed by atoms with Crippen molar-refractivity contribution in [2.24, 2.45) is 0 Å². The fraction of sp³-hybridized carbons (Fsp3) is 0.278. The maximum absolute atomic E-state index is 12.6. The molecule has 2 aromatic carbocycles. The number of benzene rings is 2. The number of ether oxygens (including phenoxy) is 1. The Morgan fingerprint density at radius 1 is 1.29 bits per heavy atom. The average molecular weight is 486 g/mol.